The van der Waals surface area contributed by atoms with Crippen LogP contribution in [0.15, 0.2) is 91.3 Å². The maximum atomic E-state index is 13.5. The number of aromatic nitrogens is 2. The molecule has 0 radical (unpaired) electrons. The summed E-state index contributed by atoms with van der Waals surface area (Å²) in [5, 5.41) is 5.37. The van der Waals surface area contributed by atoms with E-state index in [1.807, 2.05) is 67.6 Å². The van der Waals surface area contributed by atoms with E-state index in [4.69, 9.17) is 0 Å². The van der Waals surface area contributed by atoms with Crippen LogP contribution in [0.3, 0.4) is 0 Å². The smallest absolute Gasteiger partial charge is 0.248 e. The van der Waals surface area contributed by atoms with Crippen LogP contribution < -0.4 is 15.5 Å². The molecular weight excluding hydrogens is 512 g/mol. The molecule has 7 nitrogen and oxygen atoms in total. The van der Waals surface area contributed by atoms with Gasteiger partial charge in [-0.25, -0.2) is 18.7 Å². The number of rotatable bonds is 12. The van der Waals surface area contributed by atoms with E-state index < -0.39 is 29.5 Å². The molecule has 0 fully saturated rings. The number of carbonyl (C=O) groups excluding carboxylic acids is 2. The predicted molar refractivity (Wildman–Crippen MR) is 150 cm³/mol. The van der Waals surface area contributed by atoms with Gasteiger partial charge in [0.2, 0.25) is 11.8 Å². The fourth-order valence-corrected chi connectivity index (χ4v) is 4.29. The fraction of sp³-hybridized carbons (Fsp3) is 0.226. The normalized spacial score (nSPS) is 11.5. The van der Waals surface area contributed by atoms with Crippen molar-refractivity contribution in [3.8, 4) is 0 Å². The molecule has 0 spiro atoms. The van der Waals surface area contributed by atoms with Crippen molar-refractivity contribution in [3.05, 3.63) is 120 Å². The lowest BCUT2D eigenvalue weighted by molar-refractivity contribution is -0.126. The Labute approximate surface area is 232 Å². The zero-order valence-corrected chi connectivity index (χ0v) is 22.2. The number of benzene rings is 3. The van der Waals surface area contributed by atoms with Gasteiger partial charge in [0.05, 0.1) is 18.8 Å². The topological polar surface area (TPSA) is 87.2 Å². The minimum atomic E-state index is -0.843. The highest BCUT2D eigenvalue weighted by atomic mass is 19.1. The standard InChI is InChI=1S/C31H31F2N5O2/c1-2-9-27(36-30(39)16-24-14-25(32)17-26(33)15-24)31(40)37-28-18-35-29(19-34-28)38(20-22-10-5-3-6-11-22)21-23-12-7-4-8-13-23/h3-8,10-15,17-19,27H,2,9,16,20-21H2,1H3,(H,36,39)(H,34,37,40). The van der Waals surface area contributed by atoms with Gasteiger partial charge in [-0.15, -0.1) is 0 Å². The summed E-state index contributed by atoms with van der Waals surface area (Å²) < 4.78 is 27.0. The Morgan fingerprint density at radius 2 is 1.43 bits per heavy atom. The predicted octanol–water partition coefficient (Wildman–Crippen LogP) is 5.43. The molecule has 1 heterocycles. The Balaban J connectivity index is 1.42. The molecule has 3 aromatic carbocycles. The molecule has 4 aromatic rings. The third kappa shape index (κ3) is 8.42. The molecule has 0 aliphatic carbocycles. The second-order valence-corrected chi connectivity index (χ2v) is 9.44. The van der Waals surface area contributed by atoms with Crippen molar-refractivity contribution in [2.75, 3.05) is 10.2 Å². The summed E-state index contributed by atoms with van der Waals surface area (Å²) in [6.07, 6.45) is 3.84. The van der Waals surface area contributed by atoms with E-state index in [-0.39, 0.29) is 17.8 Å². The van der Waals surface area contributed by atoms with Crippen LogP contribution in [0.4, 0.5) is 20.4 Å². The summed E-state index contributed by atoms with van der Waals surface area (Å²) >= 11 is 0. The molecule has 9 heteroatoms. The van der Waals surface area contributed by atoms with Gasteiger partial charge in [-0.2, -0.15) is 0 Å². The van der Waals surface area contributed by atoms with Crippen LogP contribution in [0.1, 0.15) is 36.5 Å². The first kappa shape index (κ1) is 28.4. The van der Waals surface area contributed by atoms with Crippen LogP contribution in [0, 0.1) is 11.6 Å². The highest BCUT2D eigenvalue weighted by molar-refractivity contribution is 5.96. The molecule has 2 amide bonds. The number of halogens is 2. The minimum Gasteiger partial charge on any atom is -0.347 e. The molecule has 40 heavy (non-hydrogen) atoms. The zero-order valence-electron chi connectivity index (χ0n) is 22.2. The van der Waals surface area contributed by atoms with Crippen molar-refractivity contribution in [1.29, 1.82) is 0 Å². The lowest BCUT2D eigenvalue weighted by atomic mass is 10.1. The van der Waals surface area contributed by atoms with Gasteiger partial charge in [0.25, 0.3) is 0 Å². The van der Waals surface area contributed by atoms with E-state index >= 15 is 0 Å². The van der Waals surface area contributed by atoms with Gasteiger partial charge in [0, 0.05) is 19.2 Å². The van der Waals surface area contributed by atoms with E-state index in [2.05, 4.69) is 25.5 Å². The maximum Gasteiger partial charge on any atom is 0.248 e. The van der Waals surface area contributed by atoms with Crippen LogP contribution in [0.2, 0.25) is 0 Å². The molecule has 1 unspecified atom stereocenters. The van der Waals surface area contributed by atoms with Gasteiger partial charge < -0.3 is 15.5 Å². The van der Waals surface area contributed by atoms with E-state index in [1.165, 1.54) is 6.20 Å². The SMILES string of the molecule is CCCC(NC(=O)Cc1cc(F)cc(F)c1)C(=O)Nc1cnc(N(Cc2ccccc2)Cc2ccccc2)cn1. The summed E-state index contributed by atoms with van der Waals surface area (Å²) in [4.78, 5) is 36.6. The number of hydrogen-bond donors (Lipinski definition) is 2. The van der Waals surface area contributed by atoms with Crippen LogP contribution >= 0.6 is 0 Å². The largest absolute Gasteiger partial charge is 0.347 e. The Hall–Kier alpha value is -4.66. The molecule has 1 aromatic heterocycles. The van der Waals surface area contributed by atoms with Crippen LogP contribution in [0.25, 0.3) is 0 Å². The van der Waals surface area contributed by atoms with Crippen molar-refractivity contribution < 1.29 is 18.4 Å². The second-order valence-electron chi connectivity index (χ2n) is 9.44. The van der Waals surface area contributed by atoms with Gasteiger partial charge in [0.15, 0.2) is 5.82 Å². The average molecular weight is 544 g/mol. The highest BCUT2D eigenvalue weighted by Gasteiger charge is 2.21. The van der Waals surface area contributed by atoms with Crippen molar-refractivity contribution in [2.45, 2.75) is 45.3 Å². The van der Waals surface area contributed by atoms with Crippen LogP contribution in [0.5, 0.6) is 0 Å². The summed E-state index contributed by atoms with van der Waals surface area (Å²) in [5.41, 5.74) is 2.43. The highest BCUT2D eigenvalue weighted by Crippen LogP contribution is 2.19. The first-order chi connectivity index (χ1) is 19.4. The first-order valence-corrected chi connectivity index (χ1v) is 13.1. The number of nitrogens with one attached hydrogen (secondary N) is 2. The van der Waals surface area contributed by atoms with E-state index in [0.29, 0.717) is 31.7 Å². The molecule has 2 N–H and O–H groups in total. The first-order valence-electron chi connectivity index (χ1n) is 13.1. The third-order valence-electron chi connectivity index (χ3n) is 6.16. The molecule has 0 saturated carbocycles. The average Bonchev–Trinajstić information content (AvgIpc) is 2.93. The zero-order chi connectivity index (χ0) is 28.3. The van der Waals surface area contributed by atoms with Crippen LogP contribution in [-0.4, -0.2) is 27.8 Å². The van der Waals surface area contributed by atoms with E-state index in [1.54, 1.807) is 6.20 Å². The Morgan fingerprint density at radius 1 is 0.825 bits per heavy atom. The van der Waals surface area contributed by atoms with Gasteiger partial charge in [0.1, 0.15) is 23.5 Å². The summed E-state index contributed by atoms with van der Waals surface area (Å²) in [7, 11) is 0. The van der Waals surface area contributed by atoms with Crippen molar-refractivity contribution in [3.63, 3.8) is 0 Å². The van der Waals surface area contributed by atoms with Gasteiger partial charge in [-0.3, -0.25) is 9.59 Å². The van der Waals surface area contributed by atoms with Crippen molar-refractivity contribution in [2.24, 2.45) is 0 Å². The lowest BCUT2D eigenvalue weighted by Gasteiger charge is -2.24. The Morgan fingerprint density at radius 3 is 1.95 bits per heavy atom. The summed E-state index contributed by atoms with van der Waals surface area (Å²) in [6.45, 7) is 3.13. The molecule has 0 aliphatic rings. The third-order valence-corrected chi connectivity index (χ3v) is 6.16. The number of amides is 2. The van der Waals surface area contributed by atoms with E-state index in [0.717, 1.165) is 29.3 Å². The number of hydrogen-bond acceptors (Lipinski definition) is 5. The molecule has 0 bridgehead atoms. The molecule has 206 valence electrons. The van der Waals surface area contributed by atoms with E-state index in [9.17, 15) is 18.4 Å². The Bertz CT molecular complexity index is 1340. The minimum absolute atomic E-state index is 0.183. The monoisotopic (exact) mass is 543 g/mol. The number of carbonyl (C=O) groups is 2. The molecule has 1 atom stereocenters. The van der Waals surface area contributed by atoms with Gasteiger partial charge in [-0.1, -0.05) is 74.0 Å². The van der Waals surface area contributed by atoms with Crippen molar-refractivity contribution in [1.82, 2.24) is 15.3 Å². The fourth-order valence-electron chi connectivity index (χ4n) is 4.29. The number of anilines is 2. The van der Waals surface area contributed by atoms with Gasteiger partial charge in [-0.05, 0) is 35.2 Å². The summed E-state index contributed by atoms with van der Waals surface area (Å²) in [6, 6.07) is 22.2. The molecular formula is C31H31F2N5O2. The van der Waals surface area contributed by atoms with Gasteiger partial charge >= 0.3 is 0 Å². The molecule has 0 aliphatic heterocycles. The second kappa shape index (κ2) is 13.9. The van der Waals surface area contributed by atoms with Crippen molar-refractivity contribution >= 4 is 23.5 Å². The molecule has 0 saturated heterocycles. The number of nitrogens with zero attached hydrogens (tertiary/aromatic N) is 3. The van der Waals surface area contributed by atoms with Crippen LogP contribution in [-0.2, 0) is 29.1 Å². The summed E-state index contributed by atoms with van der Waals surface area (Å²) in [5.74, 6) is -1.61. The Kier molecular flexibility index (Phi) is 9.88. The maximum absolute atomic E-state index is 13.5. The molecule has 4 rings (SSSR count). The quantitative estimate of drug-likeness (QED) is 0.249. The lowest BCUT2D eigenvalue weighted by Crippen LogP contribution is -2.44.